The smallest absolute Gasteiger partial charge is 0.332 e. The molecule has 1 aliphatic heterocycles. The molecule has 1 atom stereocenters. The number of halogens is 1. The minimum Gasteiger partial charge on any atom is -0.494 e. The van der Waals surface area contributed by atoms with Gasteiger partial charge in [0.05, 0.1) is 18.7 Å². The van der Waals surface area contributed by atoms with Gasteiger partial charge in [-0.3, -0.25) is 9.59 Å². The fraction of sp³-hybridized carbons (Fsp3) is 0.222. The number of amides is 4. The van der Waals surface area contributed by atoms with Crippen LogP contribution in [0.25, 0.3) is 0 Å². The average Bonchev–Trinajstić information content (AvgIpc) is 3.09. The molecule has 1 aliphatic rings. The van der Waals surface area contributed by atoms with Crippen LogP contribution < -0.4 is 15.0 Å². The van der Waals surface area contributed by atoms with E-state index in [0.29, 0.717) is 24.5 Å². The van der Waals surface area contributed by atoms with Gasteiger partial charge < -0.3 is 15.0 Å². The van der Waals surface area contributed by atoms with E-state index in [2.05, 4.69) is 5.32 Å². The van der Waals surface area contributed by atoms with Crippen LogP contribution in [-0.4, -0.2) is 41.9 Å². The molecule has 0 aliphatic carbocycles. The number of carbonyl (C=O) groups excluding carboxylic acids is 3. The molecule has 4 rings (SSSR count). The van der Waals surface area contributed by atoms with Crippen LogP contribution in [0.1, 0.15) is 18.9 Å². The Bertz CT molecular complexity index is 1180. The standard InChI is InChI=1S/C27H26FN3O4/c1-2-35-23-14-10-21(11-15-23)29-25(32)18-24-26(33)31(22-12-8-20(28)9-13-22)27(34)30(24)17-16-19-6-4-3-5-7-19/h3-15,24H,2,16-18H2,1H3,(H,29,32)/t24-/m0/s1. The summed E-state index contributed by atoms with van der Waals surface area (Å²) in [5.41, 5.74) is 1.83. The van der Waals surface area contributed by atoms with E-state index in [1.54, 1.807) is 24.3 Å². The molecule has 0 spiro atoms. The van der Waals surface area contributed by atoms with Crippen LogP contribution >= 0.6 is 0 Å². The van der Waals surface area contributed by atoms with Crippen molar-refractivity contribution in [1.29, 1.82) is 0 Å². The SMILES string of the molecule is CCOc1ccc(NC(=O)C[C@H]2C(=O)N(c3ccc(F)cc3)C(=O)N2CCc2ccccc2)cc1. The summed E-state index contributed by atoms with van der Waals surface area (Å²) in [7, 11) is 0. The van der Waals surface area contributed by atoms with E-state index in [-0.39, 0.29) is 18.7 Å². The first-order valence-corrected chi connectivity index (χ1v) is 11.4. The van der Waals surface area contributed by atoms with Gasteiger partial charge in [0.25, 0.3) is 5.91 Å². The van der Waals surface area contributed by atoms with Gasteiger partial charge in [0.2, 0.25) is 5.91 Å². The second-order valence-corrected chi connectivity index (χ2v) is 8.09. The van der Waals surface area contributed by atoms with Gasteiger partial charge in [0, 0.05) is 12.2 Å². The minimum absolute atomic E-state index is 0.204. The lowest BCUT2D eigenvalue weighted by Crippen LogP contribution is -2.39. The highest BCUT2D eigenvalue weighted by atomic mass is 19.1. The molecule has 1 N–H and O–H groups in total. The Hall–Kier alpha value is -4.20. The third kappa shape index (κ3) is 5.66. The summed E-state index contributed by atoms with van der Waals surface area (Å²) in [4.78, 5) is 41.8. The fourth-order valence-corrected chi connectivity index (χ4v) is 4.00. The molecule has 3 aromatic rings. The zero-order chi connectivity index (χ0) is 24.8. The Morgan fingerprint density at radius 3 is 2.31 bits per heavy atom. The molecule has 8 heteroatoms. The van der Waals surface area contributed by atoms with Crippen LogP contribution in [0.2, 0.25) is 0 Å². The van der Waals surface area contributed by atoms with Crippen molar-refractivity contribution < 1.29 is 23.5 Å². The Kier molecular flexibility index (Phi) is 7.40. The molecular formula is C27H26FN3O4. The van der Waals surface area contributed by atoms with Crippen molar-refractivity contribution in [2.45, 2.75) is 25.8 Å². The average molecular weight is 476 g/mol. The first-order chi connectivity index (χ1) is 17.0. The summed E-state index contributed by atoms with van der Waals surface area (Å²) in [6.07, 6.45) is 0.318. The van der Waals surface area contributed by atoms with Gasteiger partial charge in [-0.25, -0.2) is 14.1 Å². The maximum Gasteiger partial charge on any atom is 0.332 e. The Balaban J connectivity index is 1.52. The molecule has 0 unspecified atom stereocenters. The third-order valence-corrected chi connectivity index (χ3v) is 5.72. The molecule has 180 valence electrons. The van der Waals surface area contributed by atoms with Gasteiger partial charge in [-0.05, 0) is 67.4 Å². The zero-order valence-electron chi connectivity index (χ0n) is 19.3. The monoisotopic (exact) mass is 475 g/mol. The van der Waals surface area contributed by atoms with Crippen LogP contribution in [0.4, 0.5) is 20.6 Å². The van der Waals surface area contributed by atoms with E-state index >= 15 is 0 Å². The second-order valence-electron chi connectivity index (χ2n) is 8.09. The topological polar surface area (TPSA) is 79.0 Å². The van der Waals surface area contributed by atoms with Gasteiger partial charge in [-0.15, -0.1) is 0 Å². The van der Waals surface area contributed by atoms with Crippen LogP contribution in [0.3, 0.4) is 0 Å². The van der Waals surface area contributed by atoms with Crippen molar-refractivity contribution in [3.05, 3.63) is 90.2 Å². The van der Waals surface area contributed by atoms with Crippen LogP contribution in [-0.2, 0) is 16.0 Å². The molecule has 1 heterocycles. The Morgan fingerprint density at radius 1 is 0.971 bits per heavy atom. The number of imide groups is 1. The zero-order valence-corrected chi connectivity index (χ0v) is 19.3. The van der Waals surface area contributed by atoms with E-state index in [1.807, 2.05) is 37.3 Å². The van der Waals surface area contributed by atoms with E-state index in [1.165, 1.54) is 29.2 Å². The van der Waals surface area contributed by atoms with Gasteiger partial charge in [-0.1, -0.05) is 30.3 Å². The number of carbonyl (C=O) groups is 3. The molecule has 7 nitrogen and oxygen atoms in total. The lowest BCUT2D eigenvalue weighted by molar-refractivity contribution is -0.124. The summed E-state index contributed by atoms with van der Waals surface area (Å²) < 4.78 is 18.8. The molecular weight excluding hydrogens is 449 g/mol. The molecule has 0 saturated carbocycles. The first kappa shape index (κ1) is 23.9. The number of hydrogen-bond acceptors (Lipinski definition) is 4. The van der Waals surface area contributed by atoms with Gasteiger partial charge >= 0.3 is 6.03 Å². The lowest BCUT2D eigenvalue weighted by atomic mass is 10.1. The van der Waals surface area contributed by atoms with Crippen molar-refractivity contribution in [3.8, 4) is 5.75 Å². The minimum atomic E-state index is -0.973. The maximum absolute atomic E-state index is 13.4. The Morgan fingerprint density at radius 2 is 1.66 bits per heavy atom. The number of hydrogen-bond donors (Lipinski definition) is 1. The number of benzene rings is 3. The highest BCUT2D eigenvalue weighted by molar-refractivity contribution is 6.22. The van der Waals surface area contributed by atoms with Gasteiger partial charge in [0.15, 0.2) is 0 Å². The number of nitrogens with one attached hydrogen (secondary N) is 1. The molecule has 4 amide bonds. The van der Waals surface area contributed by atoms with E-state index in [9.17, 15) is 18.8 Å². The predicted molar refractivity (Wildman–Crippen MR) is 131 cm³/mol. The van der Waals surface area contributed by atoms with Crippen molar-refractivity contribution in [1.82, 2.24) is 4.90 Å². The molecule has 0 radical (unpaired) electrons. The maximum atomic E-state index is 13.4. The Labute approximate surface area is 203 Å². The van der Waals surface area contributed by atoms with Crippen LogP contribution in [0, 0.1) is 5.82 Å². The molecule has 1 fully saturated rings. The van der Waals surface area contributed by atoms with Gasteiger partial charge in [-0.2, -0.15) is 0 Å². The van der Waals surface area contributed by atoms with Crippen molar-refractivity contribution >= 4 is 29.2 Å². The molecule has 3 aromatic carbocycles. The predicted octanol–water partition coefficient (Wildman–Crippen LogP) is 4.63. The van der Waals surface area contributed by atoms with Crippen molar-refractivity contribution in [2.24, 2.45) is 0 Å². The molecule has 1 saturated heterocycles. The molecule has 0 aromatic heterocycles. The van der Waals surface area contributed by atoms with Crippen molar-refractivity contribution in [3.63, 3.8) is 0 Å². The first-order valence-electron chi connectivity index (χ1n) is 11.4. The number of rotatable bonds is 9. The molecule has 35 heavy (non-hydrogen) atoms. The number of ether oxygens (including phenoxy) is 1. The van der Waals surface area contributed by atoms with Crippen LogP contribution in [0.5, 0.6) is 5.75 Å². The van der Waals surface area contributed by atoms with Crippen LogP contribution in [0.15, 0.2) is 78.9 Å². The van der Waals surface area contributed by atoms with Crippen molar-refractivity contribution in [2.75, 3.05) is 23.4 Å². The van der Waals surface area contributed by atoms with E-state index in [0.717, 1.165) is 10.5 Å². The lowest BCUT2D eigenvalue weighted by Gasteiger charge is -2.21. The van der Waals surface area contributed by atoms with E-state index < -0.39 is 29.7 Å². The summed E-state index contributed by atoms with van der Waals surface area (Å²) >= 11 is 0. The molecule has 0 bridgehead atoms. The number of urea groups is 1. The second kappa shape index (κ2) is 10.8. The highest BCUT2D eigenvalue weighted by Gasteiger charge is 2.46. The summed E-state index contributed by atoms with van der Waals surface area (Å²) in [5.74, 6) is -0.702. The largest absolute Gasteiger partial charge is 0.494 e. The number of anilines is 2. The van der Waals surface area contributed by atoms with Gasteiger partial charge in [0.1, 0.15) is 17.6 Å². The summed E-state index contributed by atoms with van der Waals surface area (Å²) in [6.45, 7) is 2.68. The number of nitrogens with zero attached hydrogens (tertiary/aromatic N) is 2. The summed E-state index contributed by atoms with van der Waals surface area (Å²) in [6, 6.07) is 20.1. The fourth-order valence-electron chi connectivity index (χ4n) is 4.00. The highest BCUT2D eigenvalue weighted by Crippen LogP contribution is 2.28. The normalized spacial score (nSPS) is 15.4. The summed E-state index contributed by atoms with van der Waals surface area (Å²) in [5, 5.41) is 2.78. The van der Waals surface area contributed by atoms with E-state index in [4.69, 9.17) is 4.74 Å². The third-order valence-electron chi connectivity index (χ3n) is 5.72. The quantitative estimate of drug-likeness (QED) is 0.458.